The zero-order valence-corrected chi connectivity index (χ0v) is 14.7. The summed E-state index contributed by atoms with van der Waals surface area (Å²) in [5, 5.41) is 2.98. The van der Waals surface area contributed by atoms with E-state index in [9.17, 15) is 18.0 Å². The third-order valence-corrected chi connectivity index (χ3v) is 5.50. The number of fused-ring (bicyclic) bond motifs is 1. The molecule has 4 rings (SSSR count). The fourth-order valence-corrected chi connectivity index (χ4v) is 4.02. The summed E-state index contributed by atoms with van der Waals surface area (Å²) in [4.78, 5) is 12.9. The van der Waals surface area contributed by atoms with E-state index < -0.39 is 17.3 Å². The number of carbonyl (C=O) groups excluding carboxylic acids is 1. The summed E-state index contributed by atoms with van der Waals surface area (Å²) >= 11 is 0. The number of rotatable bonds is 3. The number of nitrogens with one attached hydrogen (secondary N) is 1. The average Bonchev–Trinajstić information content (AvgIpc) is 3.25. The topological polar surface area (TPSA) is 51.5 Å². The Morgan fingerprint density at radius 1 is 1.15 bits per heavy atom. The zero-order chi connectivity index (χ0) is 19.1. The van der Waals surface area contributed by atoms with Crippen molar-refractivity contribution >= 4 is 5.91 Å². The Bertz CT molecular complexity index is 850. The first-order valence-corrected chi connectivity index (χ1v) is 9.06. The lowest BCUT2D eigenvalue weighted by atomic mass is 9.81. The summed E-state index contributed by atoms with van der Waals surface area (Å²) in [6, 6.07) is 5.18. The quantitative estimate of drug-likeness (QED) is 0.869. The van der Waals surface area contributed by atoms with E-state index in [0.717, 1.165) is 42.5 Å². The molecule has 7 heteroatoms. The van der Waals surface area contributed by atoms with E-state index in [2.05, 4.69) is 5.32 Å². The van der Waals surface area contributed by atoms with Crippen LogP contribution in [0.5, 0.6) is 0 Å². The molecule has 1 saturated heterocycles. The van der Waals surface area contributed by atoms with Crippen molar-refractivity contribution in [2.24, 2.45) is 0 Å². The Hall–Kier alpha value is -2.28. The minimum Gasteiger partial charge on any atom is -0.459 e. The van der Waals surface area contributed by atoms with Crippen molar-refractivity contribution in [1.82, 2.24) is 5.32 Å². The van der Waals surface area contributed by atoms with Crippen molar-refractivity contribution in [2.45, 2.75) is 43.8 Å². The van der Waals surface area contributed by atoms with E-state index in [1.54, 1.807) is 12.3 Å². The molecule has 2 aliphatic rings. The Kier molecular flexibility index (Phi) is 4.50. The highest BCUT2D eigenvalue weighted by atomic mass is 19.4. The molecule has 0 spiro atoms. The van der Waals surface area contributed by atoms with Crippen molar-refractivity contribution in [3.05, 3.63) is 58.5 Å². The highest BCUT2D eigenvalue weighted by Gasteiger charge is 2.39. The van der Waals surface area contributed by atoms with E-state index >= 15 is 0 Å². The fourth-order valence-electron chi connectivity index (χ4n) is 4.02. The maximum Gasteiger partial charge on any atom is 0.416 e. The molecule has 0 saturated carbocycles. The third kappa shape index (κ3) is 3.36. The number of aryl methyl sites for hydroxylation is 1. The van der Waals surface area contributed by atoms with Gasteiger partial charge >= 0.3 is 6.18 Å². The molecular weight excluding hydrogens is 359 g/mol. The molecule has 1 N–H and O–H groups in total. The second-order valence-electron chi connectivity index (χ2n) is 7.15. The van der Waals surface area contributed by atoms with Crippen LogP contribution >= 0.6 is 0 Å². The molecule has 1 aliphatic heterocycles. The number of benzene rings is 1. The molecule has 1 fully saturated rings. The van der Waals surface area contributed by atoms with E-state index in [1.165, 1.54) is 6.07 Å². The summed E-state index contributed by atoms with van der Waals surface area (Å²) in [5.41, 5.74) is 0.768. The van der Waals surface area contributed by atoms with E-state index in [1.807, 2.05) is 0 Å². The SMILES string of the molecule is O=C(NC1(c2cccc(C(F)(F)F)c2)CCOCC1)c1occ2c1CCC2. The lowest BCUT2D eigenvalue weighted by Crippen LogP contribution is -2.49. The highest BCUT2D eigenvalue weighted by molar-refractivity contribution is 5.94. The predicted octanol–water partition coefficient (Wildman–Crippen LogP) is 4.22. The van der Waals surface area contributed by atoms with Gasteiger partial charge in [0.15, 0.2) is 5.76 Å². The van der Waals surface area contributed by atoms with Gasteiger partial charge in [-0.15, -0.1) is 0 Å². The summed E-state index contributed by atoms with van der Waals surface area (Å²) in [6.07, 6.45) is 0.638. The molecule has 1 amide bonds. The largest absolute Gasteiger partial charge is 0.459 e. The van der Waals surface area contributed by atoms with Gasteiger partial charge in [-0.25, -0.2) is 0 Å². The van der Waals surface area contributed by atoms with Crippen LogP contribution in [0, 0.1) is 0 Å². The summed E-state index contributed by atoms with van der Waals surface area (Å²) in [5.74, 6) is -0.0993. The van der Waals surface area contributed by atoms with Crippen LogP contribution in [0.2, 0.25) is 0 Å². The molecule has 0 unspecified atom stereocenters. The number of hydrogen-bond acceptors (Lipinski definition) is 3. The molecule has 2 heterocycles. The first-order chi connectivity index (χ1) is 12.9. The van der Waals surface area contributed by atoms with Crippen LogP contribution in [0.4, 0.5) is 13.2 Å². The van der Waals surface area contributed by atoms with Crippen molar-refractivity contribution in [2.75, 3.05) is 13.2 Å². The Balaban J connectivity index is 1.68. The van der Waals surface area contributed by atoms with Gasteiger partial charge in [-0.1, -0.05) is 12.1 Å². The minimum absolute atomic E-state index is 0.278. The van der Waals surface area contributed by atoms with Crippen molar-refractivity contribution in [3.63, 3.8) is 0 Å². The molecule has 1 aromatic heterocycles. The first-order valence-electron chi connectivity index (χ1n) is 9.06. The first kappa shape index (κ1) is 18.1. The van der Waals surface area contributed by atoms with E-state index in [0.29, 0.717) is 31.6 Å². The molecule has 2 aromatic rings. The van der Waals surface area contributed by atoms with Crippen LogP contribution in [0.25, 0.3) is 0 Å². The van der Waals surface area contributed by atoms with E-state index in [4.69, 9.17) is 9.15 Å². The van der Waals surface area contributed by atoms with Gasteiger partial charge in [0.2, 0.25) is 0 Å². The number of carbonyl (C=O) groups is 1. The van der Waals surface area contributed by atoms with Crippen LogP contribution in [-0.4, -0.2) is 19.1 Å². The minimum atomic E-state index is -4.44. The molecule has 0 atom stereocenters. The summed E-state index contributed by atoms with van der Waals surface area (Å²) < 4.78 is 50.4. The predicted molar refractivity (Wildman–Crippen MR) is 91.4 cm³/mol. The zero-order valence-electron chi connectivity index (χ0n) is 14.7. The van der Waals surface area contributed by atoms with Crippen LogP contribution in [0.15, 0.2) is 34.9 Å². The fraction of sp³-hybridized carbons (Fsp3) is 0.450. The van der Waals surface area contributed by atoms with Gasteiger partial charge < -0.3 is 14.5 Å². The maximum absolute atomic E-state index is 13.2. The smallest absolute Gasteiger partial charge is 0.416 e. The summed E-state index contributed by atoms with van der Waals surface area (Å²) in [6.45, 7) is 0.736. The van der Waals surface area contributed by atoms with Gasteiger partial charge in [0.25, 0.3) is 5.91 Å². The molecule has 4 nitrogen and oxygen atoms in total. The van der Waals surface area contributed by atoms with Crippen molar-refractivity contribution in [3.8, 4) is 0 Å². The van der Waals surface area contributed by atoms with Gasteiger partial charge in [-0.3, -0.25) is 4.79 Å². The van der Waals surface area contributed by atoms with E-state index in [-0.39, 0.29) is 11.7 Å². The van der Waals surface area contributed by atoms with Gasteiger partial charge in [-0.2, -0.15) is 13.2 Å². The molecule has 1 aliphatic carbocycles. The van der Waals surface area contributed by atoms with Crippen molar-refractivity contribution < 1.29 is 27.1 Å². The molecule has 1 aromatic carbocycles. The van der Waals surface area contributed by atoms with Gasteiger partial charge in [-0.05, 0) is 55.4 Å². The monoisotopic (exact) mass is 379 g/mol. The molecule has 0 radical (unpaired) electrons. The van der Waals surface area contributed by atoms with Gasteiger partial charge in [0.05, 0.1) is 17.4 Å². The number of ether oxygens (including phenoxy) is 1. The second-order valence-corrected chi connectivity index (χ2v) is 7.15. The van der Waals surface area contributed by atoms with Crippen LogP contribution in [0.1, 0.15) is 52.1 Å². The van der Waals surface area contributed by atoms with Crippen LogP contribution in [0.3, 0.4) is 0 Å². The van der Waals surface area contributed by atoms with Crippen LogP contribution in [-0.2, 0) is 29.3 Å². The molecule has 27 heavy (non-hydrogen) atoms. The standard InChI is InChI=1S/C20H20F3NO3/c21-20(22,23)15-5-2-4-14(11-15)19(7-9-26-10-8-19)24-18(25)17-16-6-1-3-13(16)12-27-17/h2,4-5,11-12H,1,3,6-10H2,(H,24,25). The number of furan rings is 1. The third-order valence-electron chi connectivity index (χ3n) is 5.50. The Morgan fingerprint density at radius 2 is 1.93 bits per heavy atom. The van der Waals surface area contributed by atoms with Crippen molar-refractivity contribution in [1.29, 1.82) is 0 Å². The Labute approximate surface area is 154 Å². The molecule has 0 bridgehead atoms. The molecule has 144 valence electrons. The lowest BCUT2D eigenvalue weighted by Gasteiger charge is -2.38. The van der Waals surface area contributed by atoms with Crippen LogP contribution < -0.4 is 5.32 Å². The number of hydrogen-bond donors (Lipinski definition) is 1. The van der Waals surface area contributed by atoms with Gasteiger partial charge in [0, 0.05) is 18.8 Å². The Morgan fingerprint density at radius 3 is 2.67 bits per heavy atom. The summed E-state index contributed by atoms with van der Waals surface area (Å²) in [7, 11) is 0. The normalized spacial score (nSPS) is 18.9. The number of amides is 1. The van der Waals surface area contributed by atoms with Gasteiger partial charge in [0.1, 0.15) is 0 Å². The maximum atomic E-state index is 13.2. The second kappa shape index (κ2) is 6.71. The number of alkyl halides is 3. The number of halogens is 3. The average molecular weight is 379 g/mol. The molecular formula is C20H20F3NO3. The highest BCUT2D eigenvalue weighted by Crippen LogP contribution is 2.37. The lowest BCUT2D eigenvalue weighted by molar-refractivity contribution is -0.137.